The van der Waals surface area contributed by atoms with Crippen LogP contribution in [0.4, 0.5) is 0 Å². The van der Waals surface area contributed by atoms with Gasteiger partial charge in [0, 0.05) is 33.3 Å². The van der Waals surface area contributed by atoms with Gasteiger partial charge >= 0.3 is 0 Å². The van der Waals surface area contributed by atoms with Gasteiger partial charge in [0.2, 0.25) is 0 Å². The second-order valence-electron chi connectivity index (χ2n) is 8.63. The van der Waals surface area contributed by atoms with Crippen molar-refractivity contribution in [2.45, 2.75) is 40.0 Å². The maximum atomic E-state index is 12.8. The molecule has 0 aliphatic rings. The van der Waals surface area contributed by atoms with E-state index in [9.17, 15) is 9.59 Å². The van der Waals surface area contributed by atoms with Gasteiger partial charge in [0.05, 0.1) is 16.7 Å². The van der Waals surface area contributed by atoms with Crippen LogP contribution < -0.4 is 5.43 Å². The topological polar surface area (TPSA) is 80.4 Å². The quantitative estimate of drug-likeness (QED) is 0.126. The van der Waals surface area contributed by atoms with Crippen molar-refractivity contribution in [1.29, 1.82) is 0 Å². The molecule has 5 nitrogen and oxygen atoms in total. The zero-order chi connectivity index (χ0) is 23.5. The van der Waals surface area contributed by atoms with E-state index in [0.717, 1.165) is 11.3 Å². The largest absolute Gasteiger partial charge is 0.512 e. The molecule has 2 aromatic heterocycles. The molecule has 33 heavy (non-hydrogen) atoms. The van der Waals surface area contributed by atoms with Gasteiger partial charge in [-0.3, -0.25) is 9.59 Å². The molecule has 2 heterocycles. The van der Waals surface area contributed by atoms with Gasteiger partial charge in [-0.15, -0.1) is 23.8 Å². The van der Waals surface area contributed by atoms with E-state index in [0.29, 0.717) is 21.9 Å². The summed E-state index contributed by atoms with van der Waals surface area (Å²) < 4.78 is 5.84. The molecule has 0 unspecified atom stereocenters. The molecule has 0 aliphatic heterocycles. The molecule has 0 saturated carbocycles. The number of rotatable bonds is 2. The molecule has 1 N–H and O–H groups in total. The average molecular weight is 624 g/mol. The molecule has 4 rings (SSSR count). The first-order valence-electron chi connectivity index (χ1n) is 10.3. The molecular formula is C27H26NO4Pt-. The third kappa shape index (κ3) is 6.49. The molecule has 0 atom stereocenters. The fourth-order valence-electron chi connectivity index (χ4n) is 3.23. The standard InChI is InChI=1S/C22H18NO2.C5H8O2.Pt/c1-22(2,3)15-10-11-23-18(13-15)14-8-9-20-17(12-14)21(24)16-6-4-5-7-19(16)25-20;1-4(6)3-5(2)7;/h4-7,9-13H,1-3H3;3,6H,1-2H3;/q-1;;. The van der Waals surface area contributed by atoms with Crippen LogP contribution in [0.3, 0.4) is 0 Å². The first-order valence-corrected chi connectivity index (χ1v) is 10.3. The second kappa shape index (κ2) is 10.7. The molecule has 174 valence electrons. The van der Waals surface area contributed by atoms with Crippen LogP contribution in [0.25, 0.3) is 33.2 Å². The number of aliphatic hydroxyl groups is 1. The van der Waals surface area contributed by atoms with E-state index < -0.39 is 0 Å². The smallest absolute Gasteiger partial charge is 0.182 e. The average Bonchev–Trinajstić information content (AvgIpc) is 2.73. The zero-order valence-electron chi connectivity index (χ0n) is 19.2. The van der Waals surface area contributed by atoms with Crippen LogP contribution >= 0.6 is 0 Å². The Balaban J connectivity index is 0.000000423. The van der Waals surface area contributed by atoms with Crippen LogP contribution in [-0.4, -0.2) is 15.9 Å². The van der Waals surface area contributed by atoms with Crippen molar-refractivity contribution in [2.24, 2.45) is 0 Å². The van der Waals surface area contributed by atoms with Gasteiger partial charge in [-0.2, -0.15) is 0 Å². The minimum absolute atomic E-state index is 0. The Kier molecular flexibility index (Phi) is 8.51. The summed E-state index contributed by atoms with van der Waals surface area (Å²) in [4.78, 5) is 27.3. The summed E-state index contributed by atoms with van der Waals surface area (Å²) in [6, 6.07) is 18.1. The predicted octanol–water partition coefficient (Wildman–Crippen LogP) is 6.14. The predicted molar refractivity (Wildman–Crippen MR) is 128 cm³/mol. The SMILES string of the molecule is CC(=O)C=C(C)O.CC(C)(C)c1ccnc(-c2[c-]cc3oc4ccccc4c(=O)c3c2)c1.[Pt]. The molecule has 0 spiro atoms. The minimum atomic E-state index is -0.125. The number of hydrogen-bond acceptors (Lipinski definition) is 5. The number of benzene rings is 2. The van der Waals surface area contributed by atoms with Crippen molar-refractivity contribution < 1.29 is 35.4 Å². The molecule has 0 aliphatic carbocycles. The third-order valence-electron chi connectivity index (χ3n) is 4.82. The summed E-state index contributed by atoms with van der Waals surface area (Å²) in [7, 11) is 0. The van der Waals surface area contributed by atoms with E-state index in [2.05, 4.69) is 37.9 Å². The number of nitrogens with zero attached hydrogens (tertiary/aromatic N) is 1. The Hall–Kier alpha value is -3.04. The van der Waals surface area contributed by atoms with Gasteiger partial charge in [0.1, 0.15) is 5.58 Å². The Morgan fingerprint density at radius 1 is 1.06 bits per heavy atom. The van der Waals surface area contributed by atoms with Crippen molar-refractivity contribution in [2.75, 3.05) is 0 Å². The molecule has 0 amide bonds. The van der Waals surface area contributed by atoms with Crippen LogP contribution in [0.1, 0.15) is 40.2 Å². The Labute approximate surface area is 207 Å². The molecule has 2 aromatic carbocycles. The van der Waals surface area contributed by atoms with Crippen LogP contribution in [-0.2, 0) is 31.3 Å². The number of hydrogen-bond donors (Lipinski definition) is 1. The third-order valence-corrected chi connectivity index (χ3v) is 4.82. The minimum Gasteiger partial charge on any atom is -0.512 e. The number of para-hydroxylation sites is 1. The summed E-state index contributed by atoms with van der Waals surface area (Å²) in [6.07, 6.45) is 2.97. The number of aliphatic hydroxyl groups excluding tert-OH is 1. The molecule has 6 heteroatoms. The number of carbonyl (C=O) groups excluding carboxylic acids is 1. The first kappa shape index (κ1) is 26.2. The monoisotopic (exact) mass is 623 g/mol. The van der Waals surface area contributed by atoms with Crippen molar-refractivity contribution in [3.8, 4) is 11.3 Å². The zero-order valence-corrected chi connectivity index (χ0v) is 21.5. The summed E-state index contributed by atoms with van der Waals surface area (Å²) in [5.41, 5.74) is 3.93. The van der Waals surface area contributed by atoms with Crippen molar-refractivity contribution in [1.82, 2.24) is 4.98 Å². The first-order chi connectivity index (χ1) is 15.1. The fourth-order valence-corrected chi connectivity index (χ4v) is 3.23. The molecule has 4 aromatic rings. The number of carbonyl (C=O) groups is 1. The van der Waals surface area contributed by atoms with Crippen LogP contribution in [0.2, 0.25) is 0 Å². The number of ketones is 1. The van der Waals surface area contributed by atoms with Crippen molar-refractivity contribution >= 4 is 27.7 Å². The van der Waals surface area contributed by atoms with Gasteiger partial charge in [-0.05, 0) is 54.1 Å². The van der Waals surface area contributed by atoms with Crippen molar-refractivity contribution in [3.63, 3.8) is 0 Å². The normalized spacial score (nSPS) is 11.5. The van der Waals surface area contributed by atoms with Crippen LogP contribution in [0.15, 0.2) is 75.8 Å². The molecule has 0 radical (unpaired) electrons. The van der Waals surface area contributed by atoms with E-state index in [1.165, 1.54) is 25.5 Å². The number of pyridine rings is 1. The molecule has 0 bridgehead atoms. The second-order valence-corrected chi connectivity index (χ2v) is 8.63. The van der Waals surface area contributed by atoms with Gasteiger partial charge in [0.15, 0.2) is 11.2 Å². The van der Waals surface area contributed by atoms with E-state index in [1.807, 2.05) is 24.3 Å². The molecule has 0 fully saturated rings. The Bertz CT molecular complexity index is 1380. The number of allylic oxidation sites excluding steroid dienone is 2. The van der Waals surface area contributed by atoms with E-state index in [1.54, 1.807) is 24.4 Å². The summed E-state index contributed by atoms with van der Waals surface area (Å²) in [5, 5.41) is 9.50. The molecular weight excluding hydrogens is 597 g/mol. The van der Waals surface area contributed by atoms with E-state index in [-0.39, 0.29) is 43.5 Å². The van der Waals surface area contributed by atoms with Gasteiger partial charge < -0.3 is 14.5 Å². The van der Waals surface area contributed by atoms with Gasteiger partial charge in [0.25, 0.3) is 0 Å². The maximum absolute atomic E-state index is 12.8. The summed E-state index contributed by atoms with van der Waals surface area (Å²) in [6.45, 7) is 9.34. The van der Waals surface area contributed by atoms with Crippen LogP contribution in [0, 0.1) is 6.07 Å². The molecule has 0 saturated heterocycles. The van der Waals surface area contributed by atoms with Crippen molar-refractivity contribution in [3.05, 3.63) is 88.4 Å². The maximum Gasteiger partial charge on any atom is 0.182 e. The van der Waals surface area contributed by atoms with E-state index in [4.69, 9.17) is 9.52 Å². The van der Waals surface area contributed by atoms with E-state index >= 15 is 0 Å². The van der Waals surface area contributed by atoms with Gasteiger partial charge in [-0.1, -0.05) is 39.0 Å². The van der Waals surface area contributed by atoms with Crippen LogP contribution in [0.5, 0.6) is 0 Å². The number of aromatic nitrogens is 1. The fraction of sp³-hybridized carbons (Fsp3) is 0.222. The summed E-state index contributed by atoms with van der Waals surface area (Å²) in [5.74, 6) is -0.0625. The number of fused-ring (bicyclic) bond motifs is 2. The Morgan fingerprint density at radius 3 is 2.36 bits per heavy atom. The summed E-state index contributed by atoms with van der Waals surface area (Å²) >= 11 is 0. The van der Waals surface area contributed by atoms with Gasteiger partial charge in [-0.25, -0.2) is 0 Å². The Morgan fingerprint density at radius 2 is 1.76 bits per heavy atom.